The van der Waals surface area contributed by atoms with Crippen LogP contribution in [0.2, 0.25) is 8.35 Å². The first kappa shape index (κ1) is 7.67. The molecular weight excluding hydrogens is 255 g/mol. The van der Waals surface area contributed by atoms with Crippen molar-refractivity contribution in [3.8, 4) is 0 Å². The molecule has 2 heteroatoms. The molecule has 0 fully saturated rings. The molecule has 0 amide bonds. The molecule has 0 bridgehead atoms. The monoisotopic (exact) mass is 268 g/mol. The Balaban J connectivity index is 3.00. The maximum atomic E-state index is 10.7. The van der Waals surface area contributed by atoms with E-state index in [1.165, 1.54) is 0 Å². The first-order valence-corrected chi connectivity index (χ1v) is 9.37. The summed E-state index contributed by atoms with van der Waals surface area (Å²) in [5.41, 5.74) is 0. The van der Waals surface area contributed by atoms with Crippen molar-refractivity contribution in [3.63, 3.8) is 0 Å². The molecule has 0 spiro atoms. The second kappa shape index (κ2) is 4.82. The van der Waals surface area contributed by atoms with Gasteiger partial charge >= 0.3 is 52.9 Å². The van der Waals surface area contributed by atoms with Gasteiger partial charge in [0.05, 0.1) is 0 Å². The van der Waals surface area contributed by atoms with Crippen LogP contribution in [0, 0.1) is 0 Å². The molecule has 0 heterocycles. The van der Waals surface area contributed by atoms with Gasteiger partial charge in [-0.05, 0) is 0 Å². The van der Waals surface area contributed by atoms with E-state index in [0.29, 0.717) is 0 Å². The summed E-state index contributed by atoms with van der Waals surface area (Å²) in [4.78, 5) is 0. The number of rotatable bonds is 3. The van der Waals surface area contributed by atoms with E-state index < -0.39 is 21.4 Å². The summed E-state index contributed by atoms with van der Waals surface area (Å²) in [7, 11) is 0. The zero-order chi connectivity index (χ0) is 5.70. The van der Waals surface area contributed by atoms with Crippen LogP contribution >= 0.6 is 0 Å². The van der Waals surface area contributed by atoms with Gasteiger partial charge in [-0.1, -0.05) is 0 Å². The van der Waals surface area contributed by atoms with Crippen LogP contribution in [0.5, 0.6) is 0 Å². The van der Waals surface area contributed by atoms with E-state index in [0.717, 1.165) is 14.8 Å². The third-order valence-corrected chi connectivity index (χ3v) is 7.56. The third-order valence-electron chi connectivity index (χ3n) is 0.923. The normalized spacial score (nSPS) is 8.86. The first-order chi connectivity index (χ1) is 3.31. The SMILES string of the molecule is CC[CH2][Hf](=[O])[CH2]C. The molecule has 0 aliphatic rings. The van der Waals surface area contributed by atoms with Gasteiger partial charge in [0.15, 0.2) is 0 Å². The van der Waals surface area contributed by atoms with E-state index in [4.69, 9.17) is 0 Å². The Morgan fingerprint density at radius 1 is 1.43 bits per heavy atom. The molecule has 1 nitrogen and oxygen atoms in total. The molecule has 0 saturated carbocycles. The molecule has 0 atom stereocenters. The van der Waals surface area contributed by atoms with Crippen LogP contribution in [-0.4, -0.2) is 0 Å². The first-order valence-electron chi connectivity index (χ1n) is 2.83. The summed E-state index contributed by atoms with van der Waals surface area (Å²) in [6, 6.07) is 0. The van der Waals surface area contributed by atoms with Crippen molar-refractivity contribution in [2.45, 2.75) is 28.6 Å². The predicted octanol–water partition coefficient (Wildman–Crippen LogP) is 2.22. The average molecular weight is 267 g/mol. The minimum absolute atomic E-state index is 0.999. The molecule has 42 valence electrons. The van der Waals surface area contributed by atoms with Crippen LogP contribution < -0.4 is 0 Å². The Kier molecular flexibility index (Phi) is 5.28. The Bertz CT molecular complexity index is 61.1. The van der Waals surface area contributed by atoms with E-state index in [-0.39, 0.29) is 0 Å². The summed E-state index contributed by atoms with van der Waals surface area (Å²) >= 11 is -2.03. The molecule has 0 aromatic heterocycles. The fraction of sp³-hybridized carbons (Fsp3) is 1.00. The van der Waals surface area contributed by atoms with Gasteiger partial charge in [-0.15, -0.1) is 0 Å². The number of hydrogen-bond acceptors (Lipinski definition) is 1. The Hall–Kier alpha value is 0.670. The topological polar surface area (TPSA) is 17.1 Å². The summed E-state index contributed by atoms with van der Waals surface area (Å²) in [5, 5.41) is 0. The van der Waals surface area contributed by atoms with Gasteiger partial charge in [-0.25, -0.2) is 0 Å². The van der Waals surface area contributed by atoms with E-state index in [1.54, 1.807) is 0 Å². The predicted molar refractivity (Wildman–Crippen MR) is 26.3 cm³/mol. The zero-order valence-corrected chi connectivity index (χ0v) is 8.62. The third kappa shape index (κ3) is 4.52. The van der Waals surface area contributed by atoms with E-state index in [1.807, 2.05) is 6.92 Å². The van der Waals surface area contributed by atoms with Crippen molar-refractivity contribution in [2.24, 2.45) is 0 Å². The van der Waals surface area contributed by atoms with Gasteiger partial charge in [-0.3, -0.25) is 0 Å². The van der Waals surface area contributed by atoms with Crippen molar-refractivity contribution in [1.82, 2.24) is 0 Å². The van der Waals surface area contributed by atoms with E-state index in [9.17, 15) is 2.85 Å². The molecule has 7 heavy (non-hydrogen) atoms. The summed E-state index contributed by atoms with van der Waals surface area (Å²) < 4.78 is 12.8. The molecule has 0 aliphatic heterocycles. The Morgan fingerprint density at radius 3 is 2.14 bits per heavy atom. The van der Waals surface area contributed by atoms with Crippen molar-refractivity contribution in [3.05, 3.63) is 0 Å². The standard InChI is InChI=1S/C3H7.C2H5.Hf.O/c1-3-2;1-2;;/h1,3H2,2H3;1H2,2H3;;. The van der Waals surface area contributed by atoms with Crippen molar-refractivity contribution in [1.29, 1.82) is 0 Å². The second-order valence-electron chi connectivity index (χ2n) is 1.64. The maximum absolute atomic E-state index is 10.7. The van der Waals surface area contributed by atoms with Crippen LogP contribution in [-0.2, 0) is 24.3 Å². The molecular formula is C5H12HfO. The Morgan fingerprint density at radius 2 is 2.00 bits per heavy atom. The van der Waals surface area contributed by atoms with E-state index >= 15 is 0 Å². The molecule has 0 unspecified atom stereocenters. The summed E-state index contributed by atoms with van der Waals surface area (Å²) in [5.74, 6) is 0. The minimum atomic E-state index is -2.03. The van der Waals surface area contributed by atoms with Crippen molar-refractivity contribution in [2.75, 3.05) is 0 Å². The van der Waals surface area contributed by atoms with Gasteiger partial charge in [-0.2, -0.15) is 0 Å². The van der Waals surface area contributed by atoms with Gasteiger partial charge in [0.25, 0.3) is 0 Å². The van der Waals surface area contributed by atoms with Crippen molar-refractivity contribution < 1.29 is 24.3 Å². The fourth-order valence-electron chi connectivity index (χ4n) is 0.456. The molecule has 0 radical (unpaired) electrons. The Labute approximate surface area is 53.1 Å². The van der Waals surface area contributed by atoms with Gasteiger partial charge in [0.1, 0.15) is 0 Å². The van der Waals surface area contributed by atoms with Crippen LogP contribution in [0.4, 0.5) is 0 Å². The summed E-state index contributed by atoms with van der Waals surface area (Å²) in [6.45, 7) is 4.13. The molecule has 0 saturated heterocycles. The van der Waals surface area contributed by atoms with Gasteiger partial charge in [0.2, 0.25) is 0 Å². The van der Waals surface area contributed by atoms with Crippen molar-refractivity contribution >= 4 is 0 Å². The summed E-state index contributed by atoms with van der Waals surface area (Å²) in [6.07, 6.45) is 1.12. The quantitative estimate of drug-likeness (QED) is 0.716. The molecule has 0 N–H and O–H groups in total. The molecule has 0 aromatic carbocycles. The second-order valence-corrected chi connectivity index (χ2v) is 9.85. The molecule has 0 aromatic rings. The number of hydrogen-bond donors (Lipinski definition) is 0. The average Bonchev–Trinajstić information content (AvgIpc) is 1.68. The van der Waals surface area contributed by atoms with Crippen LogP contribution in [0.15, 0.2) is 0 Å². The molecule has 0 aliphatic carbocycles. The fourth-order valence-corrected chi connectivity index (χ4v) is 3.73. The van der Waals surface area contributed by atoms with Crippen LogP contribution in [0.1, 0.15) is 20.3 Å². The van der Waals surface area contributed by atoms with Gasteiger partial charge in [0, 0.05) is 0 Å². The van der Waals surface area contributed by atoms with Crippen LogP contribution in [0.3, 0.4) is 0 Å². The van der Waals surface area contributed by atoms with E-state index in [2.05, 4.69) is 6.92 Å². The van der Waals surface area contributed by atoms with Crippen LogP contribution in [0.25, 0.3) is 0 Å². The van der Waals surface area contributed by atoms with Gasteiger partial charge < -0.3 is 0 Å². The zero-order valence-electron chi connectivity index (χ0n) is 5.03. The molecule has 0 rings (SSSR count).